The van der Waals surface area contributed by atoms with Crippen molar-refractivity contribution in [3.05, 3.63) is 60.2 Å². The van der Waals surface area contributed by atoms with Crippen molar-refractivity contribution in [1.29, 1.82) is 5.26 Å². The van der Waals surface area contributed by atoms with E-state index in [-0.39, 0.29) is 6.42 Å². The highest BCUT2D eigenvalue weighted by Gasteiger charge is 2.26. The van der Waals surface area contributed by atoms with Gasteiger partial charge in [-0.3, -0.25) is 4.79 Å². The third-order valence-electron chi connectivity index (χ3n) is 3.79. The van der Waals surface area contributed by atoms with Gasteiger partial charge in [-0.05, 0) is 23.3 Å². The van der Waals surface area contributed by atoms with Crippen LogP contribution in [-0.2, 0) is 4.79 Å². The van der Waals surface area contributed by atoms with Crippen molar-refractivity contribution in [3.63, 3.8) is 0 Å². The van der Waals surface area contributed by atoms with E-state index in [9.17, 15) is 14.7 Å². The molecule has 122 valence electrons. The normalized spacial score (nSPS) is 12.7. The van der Waals surface area contributed by atoms with Crippen LogP contribution in [-0.4, -0.2) is 23.0 Å². The Bertz CT molecular complexity index is 748. The van der Waals surface area contributed by atoms with Gasteiger partial charge in [0.25, 0.3) is 5.91 Å². The van der Waals surface area contributed by atoms with Crippen LogP contribution >= 0.6 is 0 Å². The molecule has 0 bridgehead atoms. The minimum atomic E-state index is -1.15. The summed E-state index contributed by atoms with van der Waals surface area (Å²) in [6, 6.07) is 17.5. The van der Waals surface area contributed by atoms with Gasteiger partial charge in [0.05, 0.1) is 6.07 Å². The number of benzene rings is 2. The minimum absolute atomic E-state index is 0.0597. The lowest BCUT2D eigenvalue weighted by molar-refractivity contribution is -0.140. The molecule has 5 nitrogen and oxygen atoms in total. The van der Waals surface area contributed by atoms with Crippen molar-refractivity contribution < 1.29 is 14.7 Å². The Morgan fingerprint density at radius 3 is 2.21 bits per heavy atom. The SMILES string of the molecule is C[C@@H](CC#N)[C@@H](NC(=O)c1ccc(-c2ccccc2)cc1)C(=O)O. The summed E-state index contributed by atoms with van der Waals surface area (Å²) in [5.74, 6) is -2.08. The van der Waals surface area contributed by atoms with Crippen LogP contribution in [0.4, 0.5) is 0 Å². The Kier molecular flexibility index (Phi) is 5.69. The first-order valence-electron chi connectivity index (χ1n) is 7.59. The van der Waals surface area contributed by atoms with Gasteiger partial charge in [-0.1, -0.05) is 49.4 Å². The predicted molar refractivity (Wildman–Crippen MR) is 90.2 cm³/mol. The molecule has 0 spiro atoms. The fourth-order valence-electron chi connectivity index (χ4n) is 2.38. The summed E-state index contributed by atoms with van der Waals surface area (Å²) in [6.07, 6.45) is 0.0597. The molecule has 5 heteroatoms. The molecule has 1 amide bonds. The maximum Gasteiger partial charge on any atom is 0.326 e. The third kappa shape index (κ3) is 4.20. The average Bonchev–Trinajstić information content (AvgIpc) is 2.60. The lowest BCUT2D eigenvalue weighted by Crippen LogP contribution is -2.45. The second kappa shape index (κ2) is 7.93. The fraction of sp³-hybridized carbons (Fsp3) is 0.211. The molecule has 0 aliphatic heterocycles. The van der Waals surface area contributed by atoms with E-state index in [2.05, 4.69) is 5.32 Å². The number of hydrogen-bond donors (Lipinski definition) is 2. The van der Waals surface area contributed by atoms with E-state index in [0.717, 1.165) is 11.1 Å². The van der Waals surface area contributed by atoms with Gasteiger partial charge in [-0.15, -0.1) is 0 Å². The van der Waals surface area contributed by atoms with Gasteiger partial charge in [-0.2, -0.15) is 5.26 Å². The van der Waals surface area contributed by atoms with Gasteiger partial charge in [0.1, 0.15) is 6.04 Å². The molecule has 0 saturated carbocycles. The molecule has 0 radical (unpaired) electrons. The summed E-state index contributed by atoms with van der Waals surface area (Å²) < 4.78 is 0. The van der Waals surface area contributed by atoms with Crippen LogP contribution in [0, 0.1) is 17.2 Å². The summed E-state index contributed by atoms with van der Waals surface area (Å²) in [7, 11) is 0. The number of carbonyl (C=O) groups excluding carboxylic acids is 1. The van der Waals surface area contributed by atoms with Crippen molar-refractivity contribution >= 4 is 11.9 Å². The van der Waals surface area contributed by atoms with Gasteiger partial charge in [0, 0.05) is 17.9 Å². The van der Waals surface area contributed by atoms with Gasteiger partial charge in [-0.25, -0.2) is 4.79 Å². The molecule has 0 saturated heterocycles. The Morgan fingerprint density at radius 2 is 1.67 bits per heavy atom. The van der Waals surface area contributed by atoms with Crippen LogP contribution in [0.15, 0.2) is 54.6 Å². The molecule has 0 aromatic heterocycles. The third-order valence-corrected chi connectivity index (χ3v) is 3.79. The number of nitrogens with zero attached hydrogens (tertiary/aromatic N) is 1. The number of carboxylic acids is 1. The van der Waals surface area contributed by atoms with E-state index in [1.165, 1.54) is 0 Å². The molecule has 2 aromatic carbocycles. The zero-order valence-electron chi connectivity index (χ0n) is 13.3. The van der Waals surface area contributed by atoms with E-state index < -0.39 is 23.8 Å². The Balaban J connectivity index is 2.12. The standard InChI is InChI=1S/C19H18N2O3/c1-13(11-12-20)17(19(23)24)21-18(22)16-9-7-15(8-10-16)14-5-3-2-4-6-14/h2-10,13,17H,11H2,1H3,(H,21,22)(H,23,24)/t13-,17+/m0/s1. The second-order valence-electron chi connectivity index (χ2n) is 5.57. The van der Waals surface area contributed by atoms with Crippen molar-refractivity contribution in [2.75, 3.05) is 0 Å². The molecule has 24 heavy (non-hydrogen) atoms. The lowest BCUT2D eigenvalue weighted by atomic mass is 9.98. The lowest BCUT2D eigenvalue weighted by Gasteiger charge is -2.19. The Hall–Kier alpha value is -3.13. The zero-order valence-corrected chi connectivity index (χ0v) is 13.3. The quantitative estimate of drug-likeness (QED) is 0.855. The molecule has 2 atom stereocenters. The first-order valence-corrected chi connectivity index (χ1v) is 7.59. The number of aliphatic carboxylic acids is 1. The summed E-state index contributed by atoms with van der Waals surface area (Å²) >= 11 is 0. The second-order valence-corrected chi connectivity index (χ2v) is 5.57. The summed E-state index contributed by atoms with van der Waals surface area (Å²) in [5, 5.41) is 20.4. The predicted octanol–water partition coefficient (Wildman–Crippen LogP) is 3.09. The van der Waals surface area contributed by atoms with Crippen LogP contribution in [0.2, 0.25) is 0 Å². The minimum Gasteiger partial charge on any atom is -0.480 e. The smallest absolute Gasteiger partial charge is 0.326 e. The maximum atomic E-state index is 12.3. The first kappa shape index (κ1) is 17.2. The number of carboxylic acid groups (broad SMARTS) is 1. The average molecular weight is 322 g/mol. The molecule has 0 aliphatic rings. The highest BCUT2D eigenvalue weighted by molar-refractivity contribution is 5.97. The molecular weight excluding hydrogens is 304 g/mol. The molecular formula is C19H18N2O3. The van der Waals surface area contributed by atoms with Gasteiger partial charge >= 0.3 is 5.97 Å². The Labute approximate surface area is 140 Å². The molecule has 2 N–H and O–H groups in total. The van der Waals surface area contributed by atoms with Crippen LogP contribution < -0.4 is 5.32 Å². The molecule has 0 aliphatic carbocycles. The highest BCUT2D eigenvalue weighted by Crippen LogP contribution is 2.19. The van der Waals surface area contributed by atoms with Crippen LogP contribution in [0.3, 0.4) is 0 Å². The number of rotatable bonds is 6. The fourth-order valence-corrected chi connectivity index (χ4v) is 2.38. The number of hydrogen-bond acceptors (Lipinski definition) is 3. The molecule has 0 unspecified atom stereocenters. The van der Waals surface area contributed by atoms with Crippen molar-refractivity contribution in [2.24, 2.45) is 5.92 Å². The van der Waals surface area contributed by atoms with Crippen LogP contribution in [0.25, 0.3) is 11.1 Å². The number of nitrogens with one attached hydrogen (secondary N) is 1. The summed E-state index contributed by atoms with van der Waals surface area (Å²) in [6.45, 7) is 1.63. The topological polar surface area (TPSA) is 90.2 Å². The van der Waals surface area contributed by atoms with Crippen LogP contribution in [0.5, 0.6) is 0 Å². The molecule has 2 rings (SSSR count). The van der Waals surface area contributed by atoms with Crippen molar-refractivity contribution in [2.45, 2.75) is 19.4 Å². The summed E-state index contributed by atoms with van der Waals surface area (Å²) in [4.78, 5) is 23.6. The summed E-state index contributed by atoms with van der Waals surface area (Å²) in [5.41, 5.74) is 2.39. The number of nitriles is 1. The molecule has 0 heterocycles. The number of amides is 1. The maximum absolute atomic E-state index is 12.3. The Morgan fingerprint density at radius 1 is 1.08 bits per heavy atom. The monoisotopic (exact) mass is 322 g/mol. The van der Waals surface area contributed by atoms with E-state index in [1.807, 2.05) is 48.5 Å². The number of carbonyl (C=O) groups is 2. The largest absolute Gasteiger partial charge is 0.480 e. The molecule has 0 fully saturated rings. The first-order chi connectivity index (χ1) is 11.5. The van der Waals surface area contributed by atoms with Gasteiger partial charge in [0.15, 0.2) is 0 Å². The van der Waals surface area contributed by atoms with E-state index in [1.54, 1.807) is 19.1 Å². The zero-order chi connectivity index (χ0) is 17.5. The van der Waals surface area contributed by atoms with E-state index >= 15 is 0 Å². The molecule has 2 aromatic rings. The highest BCUT2D eigenvalue weighted by atomic mass is 16.4. The van der Waals surface area contributed by atoms with Crippen molar-refractivity contribution in [1.82, 2.24) is 5.32 Å². The van der Waals surface area contributed by atoms with Crippen LogP contribution in [0.1, 0.15) is 23.7 Å². The van der Waals surface area contributed by atoms with Gasteiger partial charge in [0.2, 0.25) is 0 Å². The van der Waals surface area contributed by atoms with Crippen molar-refractivity contribution in [3.8, 4) is 17.2 Å². The van der Waals surface area contributed by atoms with Gasteiger partial charge < -0.3 is 10.4 Å². The van der Waals surface area contributed by atoms with E-state index in [0.29, 0.717) is 5.56 Å². The van der Waals surface area contributed by atoms with E-state index in [4.69, 9.17) is 5.26 Å².